The van der Waals surface area contributed by atoms with Gasteiger partial charge in [-0.05, 0) is 25.0 Å². The van der Waals surface area contributed by atoms with Gasteiger partial charge in [-0.3, -0.25) is 9.52 Å². The Bertz CT molecular complexity index is 1040. The minimum Gasteiger partial charge on any atom is -0.358 e. The maximum atomic E-state index is 12.0. The number of aryl methyl sites for hydroxylation is 1. The summed E-state index contributed by atoms with van der Waals surface area (Å²) in [4.78, 5) is 16.5. The van der Waals surface area contributed by atoms with Gasteiger partial charge in [0.05, 0.1) is 12.5 Å². The number of fused-ring (bicyclic) bond motifs is 1. The molecule has 9 nitrogen and oxygen atoms in total. The van der Waals surface area contributed by atoms with Gasteiger partial charge in [0.2, 0.25) is 15.9 Å². The molecule has 0 saturated heterocycles. The van der Waals surface area contributed by atoms with E-state index in [0.717, 1.165) is 27.6 Å². The predicted molar refractivity (Wildman–Crippen MR) is 98.2 cm³/mol. The number of aromatic amines is 1. The van der Waals surface area contributed by atoms with Crippen molar-refractivity contribution < 1.29 is 13.2 Å². The molecule has 138 valence electrons. The van der Waals surface area contributed by atoms with Gasteiger partial charge in [0.1, 0.15) is 6.54 Å². The van der Waals surface area contributed by atoms with E-state index in [1.165, 1.54) is 11.8 Å². The predicted octanol–water partition coefficient (Wildman–Crippen LogP) is 0.798. The Morgan fingerprint density at radius 2 is 2.08 bits per heavy atom. The van der Waals surface area contributed by atoms with Gasteiger partial charge in [-0.25, -0.2) is 8.42 Å². The number of carbonyl (C=O) groups excluding carboxylic acids is 1. The summed E-state index contributed by atoms with van der Waals surface area (Å²) in [5, 5.41) is 11.7. The summed E-state index contributed by atoms with van der Waals surface area (Å²) >= 11 is 0. The lowest BCUT2D eigenvalue weighted by Crippen LogP contribution is -2.30. The fraction of sp³-hybridized carbons (Fsp3) is 0.312. The van der Waals surface area contributed by atoms with Gasteiger partial charge in [0.25, 0.3) is 0 Å². The first-order valence-corrected chi connectivity index (χ1v) is 9.92. The first-order chi connectivity index (χ1) is 12.3. The smallest absolute Gasteiger partial charge is 0.243 e. The van der Waals surface area contributed by atoms with Crippen LogP contribution in [0.25, 0.3) is 10.9 Å². The Hall–Kier alpha value is -2.88. The van der Waals surface area contributed by atoms with Crippen molar-refractivity contribution in [3.05, 3.63) is 41.7 Å². The van der Waals surface area contributed by atoms with Crippen molar-refractivity contribution in [2.45, 2.75) is 19.9 Å². The minimum absolute atomic E-state index is 0.0784. The highest BCUT2D eigenvalue weighted by Gasteiger charge is 2.11. The number of anilines is 1. The highest BCUT2D eigenvalue weighted by atomic mass is 32.2. The van der Waals surface area contributed by atoms with Crippen LogP contribution in [0.2, 0.25) is 0 Å². The van der Waals surface area contributed by atoms with Crippen LogP contribution in [-0.4, -0.2) is 47.1 Å². The summed E-state index contributed by atoms with van der Waals surface area (Å²) in [6, 6.07) is 8.05. The number of nitrogens with one attached hydrogen (secondary N) is 3. The summed E-state index contributed by atoms with van der Waals surface area (Å²) in [5.41, 5.74) is 3.35. The third-order valence-electron chi connectivity index (χ3n) is 3.84. The van der Waals surface area contributed by atoms with Crippen LogP contribution in [0.4, 0.5) is 5.82 Å². The first kappa shape index (κ1) is 17.9. The van der Waals surface area contributed by atoms with Gasteiger partial charge in [0, 0.05) is 23.1 Å². The van der Waals surface area contributed by atoms with E-state index in [0.29, 0.717) is 13.0 Å². The Morgan fingerprint density at radius 1 is 1.31 bits per heavy atom. The van der Waals surface area contributed by atoms with E-state index in [4.69, 9.17) is 0 Å². The quantitative estimate of drug-likeness (QED) is 0.563. The van der Waals surface area contributed by atoms with Gasteiger partial charge < -0.3 is 10.3 Å². The van der Waals surface area contributed by atoms with E-state index in [1.54, 1.807) is 0 Å². The lowest BCUT2D eigenvalue weighted by atomic mass is 10.1. The third kappa shape index (κ3) is 4.39. The molecule has 3 N–H and O–H groups in total. The number of nitrogens with zero attached hydrogens (tertiary/aromatic N) is 3. The molecule has 0 aliphatic carbocycles. The average molecular weight is 376 g/mol. The SMILES string of the molecule is Cc1[nH]c2ccccc2c1CCNC(=O)Cn1ncc(NS(C)(=O)=O)n1. The zero-order valence-corrected chi connectivity index (χ0v) is 15.3. The van der Waals surface area contributed by atoms with Crippen LogP contribution in [0.3, 0.4) is 0 Å². The van der Waals surface area contributed by atoms with Gasteiger partial charge in [0.15, 0.2) is 5.82 Å². The van der Waals surface area contributed by atoms with Crippen LogP contribution < -0.4 is 10.0 Å². The largest absolute Gasteiger partial charge is 0.358 e. The molecule has 0 bridgehead atoms. The van der Waals surface area contributed by atoms with Crippen LogP contribution in [0.15, 0.2) is 30.5 Å². The average Bonchev–Trinajstić information content (AvgIpc) is 3.10. The number of sulfonamides is 1. The van der Waals surface area contributed by atoms with Crippen LogP contribution in [0.5, 0.6) is 0 Å². The molecule has 0 saturated carbocycles. The fourth-order valence-corrected chi connectivity index (χ4v) is 3.25. The Kier molecular flexibility index (Phi) is 4.94. The molecule has 0 aliphatic heterocycles. The highest BCUT2D eigenvalue weighted by molar-refractivity contribution is 7.92. The summed E-state index contributed by atoms with van der Waals surface area (Å²) < 4.78 is 24.5. The molecule has 1 aromatic carbocycles. The number of benzene rings is 1. The van der Waals surface area contributed by atoms with Crippen molar-refractivity contribution in [3.8, 4) is 0 Å². The minimum atomic E-state index is -3.42. The molecule has 3 rings (SSSR count). The highest BCUT2D eigenvalue weighted by Crippen LogP contribution is 2.21. The van der Waals surface area contributed by atoms with E-state index in [1.807, 2.05) is 25.1 Å². The summed E-state index contributed by atoms with van der Waals surface area (Å²) in [7, 11) is -3.42. The van der Waals surface area contributed by atoms with Crippen LogP contribution in [-0.2, 0) is 27.8 Å². The van der Waals surface area contributed by atoms with Crippen molar-refractivity contribution in [1.29, 1.82) is 0 Å². The number of amides is 1. The zero-order chi connectivity index (χ0) is 18.7. The number of H-pyrrole nitrogens is 1. The topological polar surface area (TPSA) is 122 Å². The number of hydrogen-bond donors (Lipinski definition) is 3. The second-order valence-electron chi connectivity index (χ2n) is 6.01. The molecule has 10 heteroatoms. The lowest BCUT2D eigenvalue weighted by molar-refractivity contribution is -0.122. The lowest BCUT2D eigenvalue weighted by Gasteiger charge is -2.05. The molecule has 2 aromatic heterocycles. The van der Waals surface area contributed by atoms with E-state index in [9.17, 15) is 13.2 Å². The Balaban J connectivity index is 1.54. The van der Waals surface area contributed by atoms with Crippen LogP contribution in [0, 0.1) is 6.92 Å². The summed E-state index contributed by atoms with van der Waals surface area (Å²) in [6.45, 7) is 2.41. The van der Waals surface area contributed by atoms with Crippen molar-refractivity contribution in [2.24, 2.45) is 0 Å². The normalized spacial score (nSPS) is 11.6. The maximum Gasteiger partial charge on any atom is 0.243 e. The van der Waals surface area contributed by atoms with Gasteiger partial charge >= 0.3 is 0 Å². The van der Waals surface area contributed by atoms with E-state index in [2.05, 4.69) is 31.3 Å². The number of hydrogen-bond acceptors (Lipinski definition) is 5. The monoisotopic (exact) mass is 376 g/mol. The molecule has 0 atom stereocenters. The van der Waals surface area contributed by atoms with Gasteiger partial charge in [-0.2, -0.15) is 9.90 Å². The summed E-state index contributed by atoms with van der Waals surface area (Å²) in [6.07, 6.45) is 2.98. The second-order valence-corrected chi connectivity index (χ2v) is 7.76. The van der Waals surface area contributed by atoms with E-state index >= 15 is 0 Å². The molecule has 1 amide bonds. The molecule has 2 heterocycles. The molecule has 0 aliphatic rings. The molecular formula is C16H20N6O3S. The van der Waals surface area contributed by atoms with E-state index < -0.39 is 10.0 Å². The van der Waals surface area contributed by atoms with Crippen LogP contribution in [0.1, 0.15) is 11.3 Å². The molecule has 0 radical (unpaired) electrons. The van der Waals surface area contributed by atoms with Crippen LogP contribution >= 0.6 is 0 Å². The number of aromatic nitrogens is 4. The Morgan fingerprint density at radius 3 is 2.85 bits per heavy atom. The van der Waals surface area contributed by atoms with Gasteiger partial charge in [-0.15, -0.1) is 5.10 Å². The molecule has 0 fully saturated rings. The Labute approximate surface area is 150 Å². The zero-order valence-electron chi connectivity index (χ0n) is 14.5. The van der Waals surface area contributed by atoms with Crippen molar-refractivity contribution in [2.75, 3.05) is 17.5 Å². The number of rotatable bonds is 7. The first-order valence-electron chi connectivity index (χ1n) is 8.02. The van der Waals surface area contributed by atoms with E-state index in [-0.39, 0.29) is 18.3 Å². The third-order valence-corrected chi connectivity index (χ3v) is 4.42. The second kappa shape index (κ2) is 7.16. The van der Waals surface area contributed by atoms with Crippen molar-refractivity contribution in [3.63, 3.8) is 0 Å². The van der Waals surface area contributed by atoms with Crippen molar-refractivity contribution >= 4 is 32.7 Å². The molecule has 3 aromatic rings. The molecule has 0 unspecified atom stereocenters. The molecule has 26 heavy (non-hydrogen) atoms. The fourth-order valence-electron chi connectivity index (χ4n) is 2.78. The van der Waals surface area contributed by atoms with Crippen molar-refractivity contribution in [1.82, 2.24) is 25.3 Å². The van der Waals surface area contributed by atoms with Gasteiger partial charge in [-0.1, -0.05) is 18.2 Å². The molecule has 0 spiro atoms. The molecular weight excluding hydrogens is 356 g/mol. The number of carbonyl (C=O) groups is 1. The summed E-state index contributed by atoms with van der Waals surface area (Å²) in [5.74, 6) is -0.168. The number of para-hydroxylation sites is 1. The maximum absolute atomic E-state index is 12.0. The standard InChI is InChI=1S/C16H20N6O3S/c1-11-12(13-5-3-4-6-14(13)19-11)7-8-17-16(23)10-22-18-9-15(20-22)21-26(2,24)25/h3-6,9,19H,7-8,10H2,1-2H3,(H,17,23)(H,20,21).